The van der Waals surface area contributed by atoms with Gasteiger partial charge in [-0.15, -0.1) is 0 Å². The Bertz CT molecular complexity index is 1060. The van der Waals surface area contributed by atoms with Crippen LogP contribution in [0.15, 0.2) is 42.5 Å². The number of nitrogens with zero attached hydrogens (tertiary/aromatic N) is 1. The third kappa shape index (κ3) is 7.67. The van der Waals surface area contributed by atoms with Gasteiger partial charge in [0.25, 0.3) is 0 Å². The minimum atomic E-state index is -0.809. The lowest BCUT2D eigenvalue weighted by molar-refractivity contribution is -0.123. The zero-order valence-corrected chi connectivity index (χ0v) is 21.2. The van der Waals surface area contributed by atoms with Gasteiger partial charge in [0.1, 0.15) is 24.6 Å². The van der Waals surface area contributed by atoms with Crippen LogP contribution in [0.5, 0.6) is 5.75 Å². The smallest absolute Gasteiger partial charge is 0.411 e. The normalized spacial score (nSPS) is 17.5. The van der Waals surface area contributed by atoms with Crippen molar-refractivity contribution in [1.29, 1.82) is 0 Å². The van der Waals surface area contributed by atoms with Crippen LogP contribution in [-0.2, 0) is 16.1 Å². The molecule has 2 aromatic rings. The van der Waals surface area contributed by atoms with Crippen molar-refractivity contribution >= 4 is 12.0 Å². The van der Waals surface area contributed by atoms with E-state index in [1.807, 2.05) is 51.1 Å². The first-order valence-corrected chi connectivity index (χ1v) is 11.7. The number of ether oxygens (including phenoxy) is 2. The van der Waals surface area contributed by atoms with Gasteiger partial charge >= 0.3 is 6.09 Å². The predicted molar refractivity (Wildman–Crippen MR) is 129 cm³/mol. The van der Waals surface area contributed by atoms with Crippen LogP contribution in [0.2, 0.25) is 0 Å². The molecule has 190 valence electrons. The molecule has 8 heteroatoms. The first-order chi connectivity index (χ1) is 16.2. The van der Waals surface area contributed by atoms with Crippen LogP contribution in [0.3, 0.4) is 0 Å². The third-order valence-electron chi connectivity index (χ3n) is 5.28. The van der Waals surface area contributed by atoms with Crippen molar-refractivity contribution in [1.82, 2.24) is 10.2 Å². The average molecular weight is 489 g/mol. The highest BCUT2D eigenvalue weighted by molar-refractivity contribution is 5.83. The molecule has 0 heterocycles. The SMILES string of the molecule is CC(C)(C)NC(=O)CN(C(=O)OC(C)(C)C)[C@@H]1C[C@H]1c1cc(F)cc(F)c1OCc1ccccc1. The number of hydrogen-bond donors (Lipinski definition) is 1. The molecule has 0 saturated heterocycles. The lowest BCUT2D eigenvalue weighted by atomic mass is 10.1. The lowest BCUT2D eigenvalue weighted by Crippen LogP contribution is -2.49. The summed E-state index contributed by atoms with van der Waals surface area (Å²) in [5.41, 5.74) is -0.0872. The molecule has 0 unspecified atom stereocenters. The van der Waals surface area contributed by atoms with Crippen molar-refractivity contribution in [2.24, 2.45) is 0 Å². The Balaban J connectivity index is 1.84. The van der Waals surface area contributed by atoms with Crippen LogP contribution < -0.4 is 10.1 Å². The maximum atomic E-state index is 14.8. The highest BCUT2D eigenvalue weighted by atomic mass is 19.1. The van der Waals surface area contributed by atoms with Gasteiger partial charge in [0.05, 0.1) is 0 Å². The van der Waals surface area contributed by atoms with Gasteiger partial charge in [-0.05, 0) is 59.6 Å². The van der Waals surface area contributed by atoms with Gasteiger partial charge in [0, 0.05) is 29.1 Å². The molecule has 1 aliphatic carbocycles. The van der Waals surface area contributed by atoms with E-state index in [1.165, 1.54) is 11.0 Å². The van der Waals surface area contributed by atoms with Crippen LogP contribution in [-0.4, -0.2) is 40.6 Å². The Morgan fingerprint density at radius 3 is 2.31 bits per heavy atom. The molecule has 0 bridgehead atoms. The summed E-state index contributed by atoms with van der Waals surface area (Å²) >= 11 is 0. The van der Waals surface area contributed by atoms with Gasteiger partial charge in [-0.1, -0.05) is 30.3 Å². The fourth-order valence-electron chi connectivity index (χ4n) is 3.85. The molecule has 2 aromatic carbocycles. The largest absolute Gasteiger partial charge is 0.486 e. The minimum absolute atomic E-state index is 0.0500. The number of benzene rings is 2. The number of rotatable bonds is 7. The van der Waals surface area contributed by atoms with Crippen molar-refractivity contribution in [3.63, 3.8) is 0 Å². The van der Waals surface area contributed by atoms with Gasteiger partial charge in [-0.3, -0.25) is 9.69 Å². The Hall–Kier alpha value is -3.16. The Kier molecular flexibility index (Phi) is 7.72. The molecule has 0 aliphatic heterocycles. The Labute approximate surface area is 205 Å². The topological polar surface area (TPSA) is 67.9 Å². The van der Waals surface area contributed by atoms with Gasteiger partial charge in [-0.2, -0.15) is 0 Å². The molecule has 0 spiro atoms. The van der Waals surface area contributed by atoms with Gasteiger partial charge in [0.15, 0.2) is 11.6 Å². The molecule has 35 heavy (non-hydrogen) atoms. The standard InChI is InChI=1S/C27H34F2N2O4/c1-26(2,3)30-23(32)15-31(25(33)35-27(4,5)6)22-14-19(22)20-12-18(28)13-21(29)24(20)34-16-17-10-8-7-9-11-17/h7-13,19,22H,14-16H2,1-6H3,(H,30,32)/t19-,22+/m0/s1. The molecule has 0 radical (unpaired) electrons. The quantitative estimate of drug-likeness (QED) is 0.555. The van der Waals surface area contributed by atoms with E-state index >= 15 is 0 Å². The van der Waals surface area contributed by atoms with Gasteiger partial charge in [-0.25, -0.2) is 13.6 Å². The van der Waals surface area contributed by atoms with E-state index in [1.54, 1.807) is 20.8 Å². The molecule has 2 atom stereocenters. The van der Waals surface area contributed by atoms with Crippen molar-refractivity contribution in [3.8, 4) is 5.75 Å². The minimum Gasteiger partial charge on any atom is -0.486 e. The van der Waals surface area contributed by atoms with E-state index in [9.17, 15) is 18.4 Å². The highest BCUT2D eigenvalue weighted by Crippen LogP contribution is 2.49. The summed E-state index contributed by atoms with van der Waals surface area (Å²) in [5, 5.41) is 2.84. The lowest BCUT2D eigenvalue weighted by Gasteiger charge is -2.29. The maximum Gasteiger partial charge on any atom is 0.411 e. The van der Waals surface area contributed by atoms with Crippen molar-refractivity contribution in [2.45, 2.75) is 77.7 Å². The number of nitrogens with one attached hydrogen (secondary N) is 1. The number of amides is 2. The summed E-state index contributed by atoms with van der Waals surface area (Å²) in [6.07, 6.45) is -0.232. The summed E-state index contributed by atoms with van der Waals surface area (Å²) in [6, 6.07) is 10.8. The monoisotopic (exact) mass is 488 g/mol. The van der Waals surface area contributed by atoms with Crippen LogP contribution >= 0.6 is 0 Å². The van der Waals surface area contributed by atoms with Crippen molar-refractivity contribution in [3.05, 3.63) is 65.2 Å². The molecule has 1 aliphatic rings. The van der Waals surface area contributed by atoms with Crippen molar-refractivity contribution in [2.75, 3.05) is 6.54 Å². The Morgan fingerprint density at radius 1 is 1.06 bits per heavy atom. The average Bonchev–Trinajstić information content (AvgIpc) is 3.49. The molecule has 1 fully saturated rings. The zero-order valence-electron chi connectivity index (χ0n) is 21.2. The van der Waals surface area contributed by atoms with E-state index < -0.39 is 40.8 Å². The summed E-state index contributed by atoms with van der Waals surface area (Å²) in [7, 11) is 0. The van der Waals surface area contributed by atoms with Gasteiger partial charge in [0.2, 0.25) is 5.91 Å². The molecule has 2 amide bonds. The van der Waals surface area contributed by atoms with E-state index in [-0.39, 0.29) is 24.8 Å². The van der Waals surface area contributed by atoms with Crippen LogP contribution in [0.25, 0.3) is 0 Å². The van der Waals surface area contributed by atoms with Crippen LogP contribution in [0.1, 0.15) is 65.0 Å². The number of halogens is 2. The molecule has 3 rings (SSSR count). The highest BCUT2D eigenvalue weighted by Gasteiger charge is 2.48. The molecule has 1 saturated carbocycles. The second kappa shape index (κ2) is 10.2. The van der Waals surface area contributed by atoms with Crippen LogP contribution in [0.4, 0.5) is 13.6 Å². The number of carbonyl (C=O) groups is 2. The van der Waals surface area contributed by atoms with E-state index in [0.717, 1.165) is 11.6 Å². The maximum absolute atomic E-state index is 14.8. The molecular weight excluding hydrogens is 454 g/mol. The summed E-state index contributed by atoms with van der Waals surface area (Å²) in [6.45, 7) is 10.6. The van der Waals surface area contributed by atoms with E-state index in [2.05, 4.69) is 5.32 Å². The van der Waals surface area contributed by atoms with Crippen molar-refractivity contribution < 1.29 is 27.8 Å². The third-order valence-corrected chi connectivity index (χ3v) is 5.28. The fraction of sp³-hybridized carbons (Fsp3) is 0.481. The summed E-state index contributed by atoms with van der Waals surface area (Å²) in [5.74, 6) is -2.34. The number of hydrogen-bond acceptors (Lipinski definition) is 4. The first-order valence-electron chi connectivity index (χ1n) is 11.7. The Morgan fingerprint density at radius 2 is 1.71 bits per heavy atom. The molecule has 1 N–H and O–H groups in total. The van der Waals surface area contributed by atoms with E-state index in [4.69, 9.17) is 9.47 Å². The van der Waals surface area contributed by atoms with Gasteiger partial charge < -0.3 is 14.8 Å². The second-order valence-electron chi connectivity index (χ2n) is 10.9. The zero-order chi connectivity index (χ0) is 26.0. The molecular formula is C27H34F2N2O4. The second-order valence-corrected chi connectivity index (χ2v) is 10.9. The number of carbonyl (C=O) groups excluding carboxylic acids is 2. The summed E-state index contributed by atoms with van der Waals surface area (Å²) in [4.78, 5) is 27.0. The fourth-order valence-corrected chi connectivity index (χ4v) is 3.85. The van der Waals surface area contributed by atoms with Crippen LogP contribution in [0, 0.1) is 11.6 Å². The summed E-state index contributed by atoms with van der Waals surface area (Å²) < 4.78 is 40.3. The predicted octanol–water partition coefficient (Wildman–Crippen LogP) is 5.55. The molecule has 6 nitrogen and oxygen atoms in total. The first kappa shape index (κ1) is 26.4. The molecule has 0 aromatic heterocycles. The van der Waals surface area contributed by atoms with E-state index in [0.29, 0.717) is 12.0 Å².